The fourth-order valence-corrected chi connectivity index (χ4v) is 0.747. The first-order chi connectivity index (χ1) is 3.85. The molecule has 0 fully saturated rings. The minimum atomic E-state index is -4.16. The van der Waals surface area contributed by atoms with Crippen LogP contribution in [-0.2, 0) is 10.1 Å². The maximum absolute atomic E-state index is 10.1. The molecule has 0 aliphatic rings. The van der Waals surface area contributed by atoms with E-state index in [1.807, 2.05) is 0 Å². The summed E-state index contributed by atoms with van der Waals surface area (Å²) in [6.45, 7) is 4.26. The van der Waals surface area contributed by atoms with Crippen molar-refractivity contribution in [1.82, 2.24) is 0 Å². The molecule has 0 aromatic carbocycles. The molecule has 0 bridgehead atoms. The van der Waals surface area contributed by atoms with E-state index in [4.69, 9.17) is 9.66 Å². The van der Waals surface area contributed by atoms with Gasteiger partial charge in [-0.2, -0.15) is 8.42 Å². The quantitative estimate of drug-likeness (QED) is 0.522. The van der Waals surface area contributed by atoms with Crippen LogP contribution in [0, 0.1) is 6.92 Å². The van der Waals surface area contributed by atoms with Crippen LogP contribution in [0.1, 0.15) is 6.92 Å². The molecular weight excluding hydrogens is 144 g/mol. The summed E-state index contributed by atoms with van der Waals surface area (Å²) in [7, 11) is -4.16. The Morgan fingerprint density at radius 3 is 1.89 bits per heavy atom. The van der Waals surface area contributed by atoms with E-state index in [0.717, 1.165) is 0 Å². The van der Waals surface area contributed by atoms with Crippen LogP contribution in [0.4, 0.5) is 0 Å². The number of aliphatic hydroxyl groups is 1. The second kappa shape index (κ2) is 2.64. The van der Waals surface area contributed by atoms with E-state index in [9.17, 15) is 8.42 Å². The minimum Gasteiger partial charge on any atom is -0.392 e. The Labute approximate surface area is 54.3 Å². The van der Waals surface area contributed by atoms with Crippen molar-refractivity contribution in [3.05, 3.63) is 6.92 Å². The SMILES string of the molecule is [CH2]C(C(C)O)S(=O)(=O)O. The molecule has 0 spiro atoms. The van der Waals surface area contributed by atoms with Crippen LogP contribution < -0.4 is 0 Å². The van der Waals surface area contributed by atoms with Gasteiger partial charge in [0.1, 0.15) is 5.25 Å². The van der Waals surface area contributed by atoms with Gasteiger partial charge in [0.15, 0.2) is 0 Å². The van der Waals surface area contributed by atoms with Crippen molar-refractivity contribution in [3.8, 4) is 0 Å². The van der Waals surface area contributed by atoms with Gasteiger partial charge in [0.25, 0.3) is 10.1 Å². The Kier molecular flexibility index (Phi) is 2.60. The van der Waals surface area contributed by atoms with E-state index in [0.29, 0.717) is 0 Å². The van der Waals surface area contributed by atoms with Gasteiger partial charge in [-0.1, -0.05) is 0 Å². The average Bonchev–Trinajstić information content (AvgIpc) is 1.62. The lowest BCUT2D eigenvalue weighted by Gasteiger charge is -2.09. The lowest BCUT2D eigenvalue weighted by Crippen LogP contribution is -2.28. The maximum atomic E-state index is 10.1. The van der Waals surface area contributed by atoms with Crippen molar-refractivity contribution in [2.75, 3.05) is 0 Å². The largest absolute Gasteiger partial charge is 0.392 e. The van der Waals surface area contributed by atoms with E-state index >= 15 is 0 Å². The molecule has 0 aromatic rings. The average molecular weight is 153 g/mol. The molecule has 4 nitrogen and oxygen atoms in total. The Morgan fingerprint density at radius 2 is 1.89 bits per heavy atom. The molecule has 0 aliphatic heterocycles. The Balaban J connectivity index is 4.24. The molecule has 0 aliphatic carbocycles. The predicted octanol–water partition coefficient (Wildman–Crippen LogP) is -0.542. The monoisotopic (exact) mass is 153 g/mol. The molecular formula is C4H9O4S. The second-order valence-electron chi connectivity index (χ2n) is 1.79. The molecule has 2 unspecified atom stereocenters. The van der Waals surface area contributed by atoms with Gasteiger partial charge in [0, 0.05) is 0 Å². The highest BCUT2D eigenvalue weighted by molar-refractivity contribution is 7.86. The van der Waals surface area contributed by atoms with Gasteiger partial charge in [-0.3, -0.25) is 4.55 Å². The van der Waals surface area contributed by atoms with Crippen LogP contribution in [0.15, 0.2) is 0 Å². The normalized spacial score (nSPS) is 19.1. The zero-order valence-corrected chi connectivity index (χ0v) is 5.80. The third-order valence-corrected chi connectivity index (χ3v) is 2.08. The van der Waals surface area contributed by atoms with Crippen LogP contribution in [0.3, 0.4) is 0 Å². The summed E-state index contributed by atoms with van der Waals surface area (Å²) in [6.07, 6.45) is -1.14. The van der Waals surface area contributed by atoms with Gasteiger partial charge in [-0.25, -0.2) is 0 Å². The van der Waals surface area contributed by atoms with E-state index in [1.165, 1.54) is 6.92 Å². The molecule has 1 radical (unpaired) electrons. The van der Waals surface area contributed by atoms with Crippen LogP contribution in [0.2, 0.25) is 0 Å². The van der Waals surface area contributed by atoms with Crippen LogP contribution in [0.5, 0.6) is 0 Å². The van der Waals surface area contributed by atoms with Crippen molar-refractivity contribution >= 4 is 10.1 Å². The molecule has 0 saturated carbocycles. The Bertz CT molecular complexity index is 169. The molecule has 0 saturated heterocycles. The Morgan fingerprint density at radius 1 is 1.56 bits per heavy atom. The van der Waals surface area contributed by atoms with Gasteiger partial charge in [-0.05, 0) is 13.8 Å². The first-order valence-electron chi connectivity index (χ1n) is 2.33. The highest BCUT2D eigenvalue weighted by Gasteiger charge is 2.21. The Hall–Kier alpha value is -0.130. The number of hydrogen-bond acceptors (Lipinski definition) is 3. The van der Waals surface area contributed by atoms with Crippen LogP contribution in [0.25, 0.3) is 0 Å². The molecule has 9 heavy (non-hydrogen) atoms. The summed E-state index contributed by atoms with van der Waals surface area (Å²) >= 11 is 0. The second-order valence-corrected chi connectivity index (χ2v) is 3.43. The minimum absolute atomic E-state index is 1.14. The summed E-state index contributed by atoms with van der Waals surface area (Å²) in [5, 5.41) is 7.21. The third-order valence-electron chi connectivity index (χ3n) is 0.921. The summed E-state index contributed by atoms with van der Waals surface area (Å²) in [5.74, 6) is 0. The molecule has 0 heterocycles. The highest BCUT2D eigenvalue weighted by atomic mass is 32.2. The maximum Gasteiger partial charge on any atom is 0.270 e. The van der Waals surface area contributed by atoms with Crippen molar-refractivity contribution in [2.45, 2.75) is 18.3 Å². The number of aliphatic hydroxyl groups excluding tert-OH is 1. The smallest absolute Gasteiger partial charge is 0.270 e. The van der Waals surface area contributed by atoms with Gasteiger partial charge < -0.3 is 5.11 Å². The van der Waals surface area contributed by atoms with E-state index in [2.05, 4.69) is 6.92 Å². The highest BCUT2D eigenvalue weighted by Crippen LogP contribution is 2.01. The number of rotatable bonds is 2. The van der Waals surface area contributed by atoms with E-state index in [1.54, 1.807) is 0 Å². The molecule has 0 amide bonds. The van der Waals surface area contributed by atoms with Crippen molar-refractivity contribution in [2.24, 2.45) is 0 Å². The predicted molar refractivity (Wildman–Crippen MR) is 32.4 cm³/mol. The van der Waals surface area contributed by atoms with E-state index in [-0.39, 0.29) is 0 Å². The number of hydrogen-bond donors (Lipinski definition) is 2. The summed E-state index contributed by atoms with van der Waals surface area (Å²) in [4.78, 5) is 0. The lowest BCUT2D eigenvalue weighted by molar-refractivity contribution is 0.196. The molecule has 2 N–H and O–H groups in total. The molecule has 55 valence electrons. The molecule has 5 heteroatoms. The van der Waals surface area contributed by atoms with Crippen LogP contribution in [-0.4, -0.2) is 29.4 Å². The first kappa shape index (κ1) is 8.87. The fourth-order valence-electron chi connectivity index (χ4n) is 0.249. The van der Waals surface area contributed by atoms with E-state index < -0.39 is 21.5 Å². The molecule has 0 rings (SSSR count). The zero-order chi connectivity index (χ0) is 7.65. The molecule has 2 atom stereocenters. The first-order valence-corrected chi connectivity index (χ1v) is 3.83. The van der Waals surface area contributed by atoms with Gasteiger partial charge in [-0.15, -0.1) is 0 Å². The summed E-state index contributed by atoms with van der Waals surface area (Å²) in [6, 6.07) is 0. The van der Waals surface area contributed by atoms with Gasteiger partial charge in [0.05, 0.1) is 6.10 Å². The zero-order valence-electron chi connectivity index (χ0n) is 4.98. The van der Waals surface area contributed by atoms with Gasteiger partial charge >= 0.3 is 0 Å². The van der Waals surface area contributed by atoms with Crippen molar-refractivity contribution in [1.29, 1.82) is 0 Å². The van der Waals surface area contributed by atoms with Crippen LogP contribution >= 0.6 is 0 Å². The molecule has 0 aromatic heterocycles. The summed E-state index contributed by atoms with van der Waals surface area (Å²) < 4.78 is 28.4. The summed E-state index contributed by atoms with van der Waals surface area (Å²) in [5.41, 5.74) is 0. The topological polar surface area (TPSA) is 74.6 Å². The van der Waals surface area contributed by atoms with Crippen molar-refractivity contribution < 1.29 is 18.1 Å². The van der Waals surface area contributed by atoms with Crippen molar-refractivity contribution in [3.63, 3.8) is 0 Å². The standard InChI is InChI=1S/C4H9O4S/c1-3(5)4(2)9(6,7)8/h3-5H,2H2,1H3,(H,6,7,8). The lowest BCUT2D eigenvalue weighted by atomic mass is 10.3. The fraction of sp³-hybridized carbons (Fsp3) is 0.750. The third kappa shape index (κ3) is 2.78. The van der Waals surface area contributed by atoms with Gasteiger partial charge in [0.2, 0.25) is 0 Å².